The predicted octanol–water partition coefficient (Wildman–Crippen LogP) is 2.51. The number of hydrogen-bond acceptors (Lipinski definition) is 2. The van der Waals surface area contributed by atoms with Crippen molar-refractivity contribution in [3.63, 3.8) is 0 Å². The number of benzene rings is 1. The summed E-state index contributed by atoms with van der Waals surface area (Å²) in [6.07, 6.45) is 2.01. The van der Waals surface area contributed by atoms with E-state index in [1.165, 1.54) is 0 Å². The van der Waals surface area contributed by atoms with Gasteiger partial charge in [0.05, 0.1) is 0 Å². The first-order valence-corrected chi connectivity index (χ1v) is 5.74. The summed E-state index contributed by atoms with van der Waals surface area (Å²) in [7, 11) is 0. The summed E-state index contributed by atoms with van der Waals surface area (Å²) < 4.78 is 0. The number of halogens is 2. The summed E-state index contributed by atoms with van der Waals surface area (Å²) in [6, 6.07) is 7.40. The van der Waals surface area contributed by atoms with Crippen LogP contribution in [0.1, 0.15) is 18.4 Å². The van der Waals surface area contributed by atoms with E-state index in [4.69, 9.17) is 11.6 Å². The molecule has 1 fully saturated rings. The lowest BCUT2D eigenvalue weighted by atomic mass is 9.89. The van der Waals surface area contributed by atoms with Crippen LogP contribution in [0.5, 0.6) is 0 Å². The van der Waals surface area contributed by atoms with Gasteiger partial charge in [0.1, 0.15) is 5.54 Å². The Hall–Kier alpha value is -0.770. The van der Waals surface area contributed by atoms with Crippen molar-refractivity contribution >= 4 is 30.0 Å². The summed E-state index contributed by atoms with van der Waals surface area (Å²) in [4.78, 5) is 11.3. The maximum Gasteiger partial charge on any atom is 0.324 e. The number of aliphatic carboxylic acids is 1. The van der Waals surface area contributed by atoms with Gasteiger partial charge < -0.3 is 10.4 Å². The highest BCUT2D eigenvalue weighted by atomic mass is 35.5. The molecule has 1 aliphatic heterocycles. The zero-order chi connectivity index (χ0) is 11.6. The molecule has 1 unspecified atom stereocenters. The molecule has 94 valence electrons. The number of carboxylic acid groups (broad SMARTS) is 1. The Balaban J connectivity index is 0.00000144. The molecule has 0 radical (unpaired) electrons. The maximum absolute atomic E-state index is 11.3. The van der Waals surface area contributed by atoms with Crippen molar-refractivity contribution in [1.82, 2.24) is 5.32 Å². The van der Waals surface area contributed by atoms with E-state index < -0.39 is 11.5 Å². The second kappa shape index (κ2) is 5.71. The lowest BCUT2D eigenvalue weighted by Crippen LogP contribution is -2.49. The third-order valence-electron chi connectivity index (χ3n) is 3.10. The monoisotopic (exact) mass is 275 g/mol. The Morgan fingerprint density at radius 2 is 2.18 bits per heavy atom. The van der Waals surface area contributed by atoms with E-state index in [0.717, 1.165) is 18.5 Å². The quantitative estimate of drug-likeness (QED) is 0.891. The highest BCUT2D eigenvalue weighted by Crippen LogP contribution is 2.27. The summed E-state index contributed by atoms with van der Waals surface area (Å²) in [5.74, 6) is -0.787. The van der Waals surface area contributed by atoms with Gasteiger partial charge in [0, 0.05) is 11.4 Å². The fraction of sp³-hybridized carbons (Fsp3) is 0.417. The van der Waals surface area contributed by atoms with Gasteiger partial charge in [-0.1, -0.05) is 29.8 Å². The lowest BCUT2D eigenvalue weighted by molar-refractivity contribution is -0.144. The minimum Gasteiger partial charge on any atom is -0.480 e. The largest absolute Gasteiger partial charge is 0.480 e. The van der Waals surface area contributed by atoms with E-state index in [0.29, 0.717) is 17.9 Å². The Bertz CT molecular complexity index is 403. The van der Waals surface area contributed by atoms with Gasteiger partial charge in [-0.05, 0) is 31.0 Å². The Morgan fingerprint density at radius 1 is 1.47 bits per heavy atom. The first kappa shape index (κ1) is 14.3. The van der Waals surface area contributed by atoms with Crippen molar-refractivity contribution in [2.45, 2.75) is 24.8 Å². The van der Waals surface area contributed by atoms with E-state index in [1.807, 2.05) is 18.2 Å². The number of carbonyl (C=O) groups is 1. The minimum absolute atomic E-state index is 0. The van der Waals surface area contributed by atoms with Crippen LogP contribution in [0.2, 0.25) is 5.02 Å². The van der Waals surface area contributed by atoms with E-state index in [-0.39, 0.29) is 12.4 Å². The van der Waals surface area contributed by atoms with Crippen molar-refractivity contribution in [1.29, 1.82) is 0 Å². The normalized spacial score (nSPS) is 23.1. The van der Waals surface area contributed by atoms with Gasteiger partial charge in [-0.25, -0.2) is 0 Å². The highest BCUT2D eigenvalue weighted by molar-refractivity contribution is 6.31. The molecule has 1 heterocycles. The molecule has 2 rings (SSSR count). The summed E-state index contributed by atoms with van der Waals surface area (Å²) in [5, 5.41) is 13.0. The van der Waals surface area contributed by atoms with Crippen LogP contribution in [0.4, 0.5) is 0 Å². The summed E-state index contributed by atoms with van der Waals surface area (Å²) in [6.45, 7) is 0.761. The average molecular weight is 276 g/mol. The molecule has 5 heteroatoms. The molecule has 1 atom stereocenters. The van der Waals surface area contributed by atoms with Crippen LogP contribution >= 0.6 is 24.0 Å². The van der Waals surface area contributed by atoms with Gasteiger partial charge in [-0.3, -0.25) is 4.79 Å². The van der Waals surface area contributed by atoms with Crippen LogP contribution in [0.3, 0.4) is 0 Å². The molecule has 0 amide bonds. The van der Waals surface area contributed by atoms with Gasteiger partial charge in [-0.15, -0.1) is 12.4 Å². The topological polar surface area (TPSA) is 49.3 Å². The van der Waals surface area contributed by atoms with E-state index in [2.05, 4.69) is 5.32 Å². The fourth-order valence-electron chi connectivity index (χ4n) is 2.18. The molecule has 1 aromatic rings. The van der Waals surface area contributed by atoms with Crippen LogP contribution in [-0.4, -0.2) is 23.2 Å². The highest BCUT2D eigenvalue weighted by Gasteiger charge is 2.41. The maximum atomic E-state index is 11.3. The number of carboxylic acids is 1. The van der Waals surface area contributed by atoms with Crippen molar-refractivity contribution in [2.75, 3.05) is 6.54 Å². The van der Waals surface area contributed by atoms with Gasteiger partial charge in [-0.2, -0.15) is 0 Å². The van der Waals surface area contributed by atoms with E-state index in [9.17, 15) is 9.90 Å². The van der Waals surface area contributed by atoms with Crippen LogP contribution < -0.4 is 5.32 Å². The molecule has 17 heavy (non-hydrogen) atoms. The third kappa shape index (κ3) is 2.92. The smallest absolute Gasteiger partial charge is 0.324 e. The van der Waals surface area contributed by atoms with Gasteiger partial charge in [0.2, 0.25) is 0 Å². The molecule has 0 saturated carbocycles. The molecule has 0 aliphatic carbocycles. The molecule has 0 aromatic heterocycles. The zero-order valence-corrected chi connectivity index (χ0v) is 10.9. The molecular formula is C12H15Cl2NO2. The van der Waals surface area contributed by atoms with Gasteiger partial charge >= 0.3 is 5.97 Å². The molecule has 3 nitrogen and oxygen atoms in total. The number of hydrogen-bond donors (Lipinski definition) is 2. The molecule has 0 spiro atoms. The number of rotatable bonds is 3. The first-order valence-electron chi connectivity index (χ1n) is 5.36. The SMILES string of the molecule is Cl.O=C(O)C1(Cc2ccccc2Cl)CCCN1. The predicted molar refractivity (Wildman–Crippen MR) is 70.0 cm³/mol. The molecule has 1 saturated heterocycles. The molecule has 2 N–H and O–H groups in total. The summed E-state index contributed by atoms with van der Waals surface area (Å²) in [5.41, 5.74) is 0.0614. The van der Waals surface area contributed by atoms with Crippen LogP contribution in [0.15, 0.2) is 24.3 Å². The number of nitrogens with one attached hydrogen (secondary N) is 1. The average Bonchev–Trinajstić information content (AvgIpc) is 2.71. The Morgan fingerprint density at radius 3 is 2.71 bits per heavy atom. The molecule has 1 aliphatic rings. The van der Waals surface area contributed by atoms with Gasteiger partial charge in [0.15, 0.2) is 0 Å². The molecule has 0 bridgehead atoms. The van der Waals surface area contributed by atoms with E-state index >= 15 is 0 Å². The molecular weight excluding hydrogens is 261 g/mol. The van der Waals surface area contributed by atoms with Crippen molar-refractivity contribution in [3.05, 3.63) is 34.9 Å². The second-order valence-electron chi connectivity index (χ2n) is 4.19. The second-order valence-corrected chi connectivity index (χ2v) is 4.59. The minimum atomic E-state index is -0.828. The van der Waals surface area contributed by atoms with E-state index in [1.54, 1.807) is 6.07 Å². The van der Waals surface area contributed by atoms with Crippen LogP contribution in [0, 0.1) is 0 Å². The Kier molecular flexibility index (Phi) is 4.80. The summed E-state index contributed by atoms with van der Waals surface area (Å²) >= 11 is 6.05. The Labute approximate surface area is 112 Å². The fourth-order valence-corrected chi connectivity index (χ4v) is 2.38. The van der Waals surface area contributed by atoms with Crippen molar-refractivity contribution in [3.8, 4) is 0 Å². The first-order chi connectivity index (χ1) is 7.64. The standard InChI is InChI=1S/C12H14ClNO2.ClH/c13-10-5-2-1-4-9(10)8-12(11(15)16)6-3-7-14-12;/h1-2,4-5,14H,3,6-8H2,(H,15,16);1H. The lowest BCUT2D eigenvalue weighted by Gasteiger charge is -2.24. The van der Waals surface area contributed by atoms with Crippen molar-refractivity contribution < 1.29 is 9.90 Å². The van der Waals surface area contributed by atoms with Crippen molar-refractivity contribution in [2.24, 2.45) is 0 Å². The van der Waals surface area contributed by atoms with Gasteiger partial charge in [0.25, 0.3) is 0 Å². The molecule has 1 aromatic carbocycles. The third-order valence-corrected chi connectivity index (χ3v) is 3.47. The zero-order valence-electron chi connectivity index (χ0n) is 9.28. The van der Waals surface area contributed by atoms with Crippen LogP contribution in [-0.2, 0) is 11.2 Å². The van der Waals surface area contributed by atoms with Crippen LogP contribution in [0.25, 0.3) is 0 Å².